The molecule has 6 heteroatoms. The number of aromatic nitrogens is 2. The van der Waals surface area contributed by atoms with Crippen molar-refractivity contribution in [3.63, 3.8) is 0 Å². The third-order valence-corrected chi connectivity index (χ3v) is 4.00. The molecular formula is C18H13Cl2N3O. The molecule has 3 rings (SSSR count). The van der Waals surface area contributed by atoms with E-state index in [-0.39, 0.29) is 5.91 Å². The van der Waals surface area contributed by atoms with Crippen LogP contribution in [0.1, 0.15) is 16.1 Å². The van der Waals surface area contributed by atoms with Gasteiger partial charge in [0, 0.05) is 16.8 Å². The first kappa shape index (κ1) is 16.4. The van der Waals surface area contributed by atoms with Gasteiger partial charge in [-0.05, 0) is 25.1 Å². The number of hydrogen-bond donors (Lipinski definition) is 1. The Hall–Kier alpha value is -2.43. The number of carbonyl (C=O) groups excluding carboxylic acids is 1. The number of carbonyl (C=O) groups is 1. The van der Waals surface area contributed by atoms with Crippen LogP contribution in [-0.2, 0) is 0 Å². The predicted octanol–water partition coefficient (Wildman–Crippen LogP) is 5.01. The fourth-order valence-corrected chi connectivity index (χ4v) is 2.54. The molecule has 0 aliphatic rings. The molecule has 1 heterocycles. The second kappa shape index (κ2) is 6.99. The van der Waals surface area contributed by atoms with Crippen molar-refractivity contribution in [2.75, 3.05) is 5.32 Å². The molecule has 1 amide bonds. The van der Waals surface area contributed by atoms with Gasteiger partial charge in [-0.3, -0.25) is 4.79 Å². The van der Waals surface area contributed by atoms with Gasteiger partial charge in [0.05, 0.1) is 22.0 Å². The maximum absolute atomic E-state index is 12.5. The van der Waals surface area contributed by atoms with E-state index in [1.165, 1.54) is 6.20 Å². The Kier molecular flexibility index (Phi) is 4.79. The Labute approximate surface area is 149 Å². The second-order valence-corrected chi connectivity index (χ2v) is 5.98. The van der Waals surface area contributed by atoms with Crippen LogP contribution in [0.2, 0.25) is 10.0 Å². The largest absolute Gasteiger partial charge is 0.320 e. The third kappa shape index (κ3) is 3.55. The lowest BCUT2D eigenvalue weighted by atomic mass is 10.2. The maximum atomic E-state index is 12.5. The van der Waals surface area contributed by atoms with E-state index in [4.69, 9.17) is 23.2 Å². The molecule has 0 unspecified atom stereocenters. The number of aryl methyl sites for hydroxylation is 1. The highest BCUT2D eigenvalue weighted by Gasteiger charge is 2.14. The number of rotatable bonds is 3. The van der Waals surface area contributed by atoms with Crippen molar-refractivity contribution in [3.8, 4) is 11.4 Å². The van der Waals surface area contributed by atoms with E-state index in [9.17, 15) is 4.79 Å². The monoisotopic (exact) mass is 357 g/mol. The van der Waals surface area contributed by atoms with Gasteiger partial charge < -0.3 is 5.32 Å². The van der Waals surface area contributed by atoms with Crippen LogP contribution in [0.25, 0.3) is 11.4 Å². The summed E-state index contributed by atoms with van der Waals surface area (Å²) in [6.07, 6.45) is 1.51. The van der Waals surface area contributed by atoms with Crippen molar-refractivity contribution >= 4 is 34.8 Å². The zero-order valence-corrected chi connectivity index (χ0v) is 14.3. The summed E-state index contributed by atoms with van der Waals surface area (Å²) >= 11 is 12.0. The molecule has 24 heavy (non-hydrogen) atoms. The van der Waals surface area contributed by atoms with Crippen LogP contribution in [0, 0.1) is 6.92 Å². The average molecular weight is 358 g/mol. The molecule has 3 aromatic rings. The number of hydrogen-bond acceptors (Lipinski definition) is 3. The lowest BCUT2D eigenvalue weighted by Gasteiger charge is -2.10. The van der Waals surface area contributed by atoms with E-state index in [2.05, 4.69) is 15.3 Å². The fourth-order valence-electron chi connectivity index (χ4n) is 2.20. The number of benzene rings is 2. The summed E-state index contributed by atoms with van der Waals surface area (Å²) in [5.74, 6) is 0.238. The molecule has 0 aliphatic carbocycles. The van der Waals surface area contributed by atoms with Gasteiger partial charge in [-0.1, -0.05) is 53.5 Å². The Morgan fingerprint density at radius 2 is 1.83 bits per heavy atom. The molecule has 0 atom stereocenters. The van der Waals surface area contributed by atoms with Gasteiger partial charge in [-0.15, -0.1) is 0 Å². The van der Waals surface area contributed by atoms with Crippen molar-refractivity contribution < 1.29 is 4.79 Å². The van der Waals surface area contributed by atoms with E-state index >= 15 is 0 Å². The van der Waals surface area contributed by atoms with E-state index in [1.807, 2.05) is 30.3 Å². The minimum Gasteiger partial charge on any atom is -0.320 e. The Morgan fingerprint density at radius 3 is 2.54 bits per heavy atom. The molecule has 0 aliphatic heterocycles. The molecule has 0 saturated heterocycles. The highest BCUT2D eigenvalue weighted by molar-refractivity contribution is 6.35. The van der Waals surface area contributed by atoms with Crippen LogP contribution >= 0.6 is 23.2 Å². The second-order valence-electron chi connectivity index (χ2n) is 5.14. The van der Waals surface area contributed by atoms with Gasteiger partial charge >= 0.3 is 0 Å². The van der Waals surface area contributed by atoms with Crippen molar-refractivity contribution in [3.05, 3.63) is 76.0 Å². The first-order chi connectivity index (χ1) is 11.5. The molecule has 0 saturated carbocycles. The quantitative estimate of drug-likeness (QED) is 0.716. The van der Waals surface area contributed by atoms with E-state index in [0.717, 1.165) is 5.56 Å². The summed E-state index contributed by atoms with van der Waals surface area (Å²) in [6.45, 7) is 1.77. The SMILES string of the molecule is Cc1nc(-c2ccccc2)ncc1C(=O)Nc1cc(Cl)ccc1Cl. The Bertz CT molecular complexity index is 898. The summed E-state index contributed by atoms with van der Waals surface area (Å²) in [4.78, 5) is 21.1. The zero-order chi connectivity index (χ0) is 17.1. The van der Waals surface area contributed by atoms with Crippen LogP contribution in [0.4, 0.5) is 5.69 Å². The summed E-state index contributed by atoms with van der Waals surface area (Å²) in [5, 5.41) is 3.63. The molecule has 4 nitrogen and oxygen atoms in total. The summed E-state index contributed by atoms with van der Waals surface area (Å²) in [5.41, 5.74) is 2.30. The van der Waals surface area contributed by atoms with Crippen LogP contribution in [0.15, 0.2) is 54.7 Å². The van der Waals surface area contributed by atoms with Gasteiger partial charge in [-0.25, -0.2) is 9.97 Å². The van der Waals surface area contributed by atoms with Crippen molar-refractivity contribution in [2.24, 2.45) is 0 Å². The minimum atomic E-state index is -0.337. The normalized spacial score (nSPS) is 10.5. The number of amides is 1. The molecule has 0 spiro atoms. The van der Waals surface area contributed by atoms with Gasteiger partial charge in [0.15, 0.2) is 5.82 Å². The summed E-state index contributed by atoms with van der Waals surface area (Å²) in [6, 6.07) is 14.5. The Balaban J connectivity index is 1.87. The highest BCUT2D eigenvalue weighted by Crippen LogP contribution is 2.26. The minimum absolute atomic E-state index is 0.337. The lowest BCUT2D eigenvalue weighted by molar-refractivity contribution is 0.102. The maximum Gasteiger partial charge on any atom is 0.259 e. The number of anilines is 1. The Morgan fingerprint density at radius 1 is 1.08 bits per heavy atom. The first-order valence-electron chi connectivity index (χ1n) is 7.20. The van der Waals surface area contributed by atoms with Gasteiger partial charge in [0.25, 0.3) is 5.91 Å². The van der Waals surface area contributed by atoms with Gasteiger partial charge in [-0.2, -0.15) is 0 Å². The van der Waals surface area contributed by atoms with Crippen molar-refractivity contribution in [1.29, 1.82) is 0 Å². The van der Waals surface area contributed by atoms with Crippen LogP contribution in [0.3, 0.4) is 0 Å². The first-order valence-corrected chi connectivity index (χ1v) is 7.95. The molecule has 1 N–H and O–H groups in total. The molecule has 0 bridgehead atoms. The number of nitrogens with one attached hydrogen (secondary N) is 1. The molecule has 0 fully saturated rings. The predicted molar refractivity (Wildman–Crippen MR) is 96.6 cm³/mol. The van der Waals surface area contributed by atoms with E-state index in [1.54, 1.807) is 25.1 Å². The molecule has 2 aromatic carbocycles. The highest BCUT2D eigenvalue weighted by atomic mass is 35.5. The molecule has 120 valence electrons. The summed E-state index contributed by atoms with van der Waals surface area (Å²) in [7, 11) is 0. The topological polar surface area (TPSA) is 54.9 Å². The zero-order valence-electron chi connectivity index (χ0n) is 12.8. The van der Waals surface area contributed by atoms with E-state index in [0.29, 0.717) is 32.8 Å². The van der Waals surface area contributed by atoms with Gasteiger partial charge in [0.2, 0.25) is 0 Å². The fraction of sp³-hybridized carbons (Fsp3) is 0.0556. The van der Waals surface area contributed by atoms with Crippen molar-refractivity contribution in [1.82, 2.24) is 9.97 Å². The van der Waals surface area contributed by atoms with Crippen LogP contribution < -0.4 is 5.32 Å². The number of nitrogens with zero attached hydrogens (tertiary/aromatic N) is 2. The molecular weight excluding hydrogens is 345 g/mol. The third-order valence-electron chi connectivity index (χ3n) is 3.43. The average Bonchev–Trinajstić information content (AvgIpc) is 2.58. The van der Waals surface area contributed by atoms with E-state index < -0.39 is 0 Å². The van der Waals surface area contributed by atoms with Crippen LogP contribution in [0.5, 0.6) is 0 Å². The standard InChI is InChI=1S/C18H13Cl2N3O/c1-11-14(10-21-17(22-11)12-5-3-2-4-6-12)18(24)23-16-9-13(19)7-8-15(16)20/h2-10H,1H3,(H,23,24). The van der Waals surface area contributed by atoms with Crippen molar-refractivity contribution in [2.45, 2.75) is 6.92 Å². The smallest absolute Gasteiger partial charge is 0.259 e. The van der Waals surface area contributed by atoms with Crippen LogP contribution in [-0.4, -0.2) is 15.9 Å². The number of halogens is 2. The summed E-state index contributed by atoms with van der Waals surface area (Å²) < 4.78 is 0. The lowest BCUT2D eigenvalue weighted by Crippen LogP contribution is -2.15. The molecule has 1 aromatic heterocycles. The molecule has 0 radical (unpaired) electrons. The van der Waals surface area contributed by atoms with Gasteiger partial charge in [0.1, 0.15) is 0 Å².